The number of non-ortho nitro benzene ring substituents is 1. The first-order valence-electron chi connectivity index (χ1n) is 7.17. The highest BCUT2D eigenvalue weighted by Crippen LogP contribution is 2.29. The molecule has 0 bridgehead atoms. The maximum Gasteiger partial charge on any atom is 0.303 e. The quantitative estimate of drug-likeness (QED) is 0.504. The zero-order valence-corrected chi connectivity index (χ0v) is 14.7. The Morgan fingerprint density at radius 3 is 2.46 bits per heavy atom. The number of nitrogens with one attached hydrogen (secondary N) is 1. The maximum absolute atomic E-state index is 12.5. The van der Waals surface area contributed by atoms with E-state index in [1.54, 1.807) is 0 Å². The van der Waals surface area contributed by atoms with Crippen LogP contribution in [0.2, 0.25) is 0 Å². The van der Waals surface area contributed by atoms with Crippen molar-refractivity contribution in [2.75, 3.05) is 5.32 Å². The Morgan fingerprint density at radius 1 is 1.23 bits per heavy atom. The molecule has 1 heterocycles. The Balaban J connectivity index is 2.08. The van der Waals surface area contributed by atoms with Gasteiger partial charge in [-0.3, -0.25) is 19.7 Å². The highest BCUT2D eigenvalue weighted by Gasteiger charge is 2.22. The molecule has 138 valence electrons. The molecular weight excluding hydrogens is 386 g/mol. The number of nitrogens with zero attached hydrogens (tertiary/aromatic N) is 2. The number of amides is 1. The third kappa shape index (κ3) is 4.83. The number of hydrogen-bond donors (Lipinski definition) is 2. The number of carboxylic acid groups (broad SMARTS) is 1. The van der Waals surface area contributed by atoms with Gasteiger partial charge in [-0.1, -0.05) is 11.3 Å². The number of nitro benzene ring substituents is 1. The summed E-state index contributed by atoms with van der Waals surface area (Å²) in [5, 5.41) is 21.6. The van der Waals surface area contributed by atoms with Gasteiger partial charge >= 0.3 is 5.97 Å². The minimum atomic E-state index is -3.92. The minimum Gasteiger partial charge on any atom is -0.481 e. The van der Waals surface area contributed by atoms with Crippen LogP contribution in [0.1, 0.15) is 19.3 Å². The van der Waals surface area contributed by atoms with E-state index in [1.807, 2.05) is 0 Å². The molecule has 2 rings (SSSR count). The van der Waals surface area contributed by atoms with E-state index < -0.39 is 26.6 Å². The number of carboxylic acids is 1. The van der Waals surface area contributed by atoms with Crippen LogP contribution in [-0.2, 0) is 19.4 Å². The normalized spacial score (nSPS) is 11.1. The molecule has 0 aliphatic heterocycles. The average molecular weight is 399 g/mol. The van der Waals surface area contributed by atoms with Crippen molar-refractivity contribution in [1.29, 1.82) is 0 Å². The van der Waals surface area contributed by atoms with Crippen molar-refractivity contribution in [2.45, 2.75) is 28.4 Å². The Bertz CT molecular complexity index is 936. The number of anilines is 1. The van der Waals surface area contributed by atoms with Crippen LogP contribution in [0.5, 0.6) is 0 Å². The van der Waals surface area contributed by atoms with Crippen LogP contribution in [0.15, 0.2) is 39.6 Å². The molecule has 0 fully saturated rings. The number of aromatic nitrogens is 1. The number of benzene rings is 1. The van der Waals surface area contributed by atoms with Crippen LogP contribution in [0.3, 0.4) is 0 Å². The summed E-state index contributed by atoms with van der Waals surface area (Å²) in [7, 11) is -3.92. The van der Waals surface area contributed by atoms with Gasteiger partial charge < -0.3 is 10.4 Å². The lowest BCUT2D eigenvalue weighted by atomic mass is 10.2. The summed E-state index contributed by atoms with van der Waals surface area (Å²) in [4.78, 5) is 35.7. The monoisotopic (exact) mass is 399 g/mol. The summed E-state index contributed by atoms with van der Waals surface area (Å²) < 4.78 is 24.8. The summed E-state index contributed by atoms with van der Waals surface area (Å²) >= 11 is 0.732. The van der Waals surface area contributed by atoms with Gasteiger partial charge in [-0.25, -0.2) is 13.4 Å². The molecule has 0 atom stereocenters. The zero-order chi connectivity index (χ0) is 19.3. The molecule has 0 saturated carbocycles. The largest absolute Gasteiger partial charge is 0.481 e. The number of rotatable bonds is 8. The number of sulfone groups is 1. The van der Waals surface area contributed by atoms with E-state index >= 15 is 0 Å². The molecule has 0 aliphatic carbocycles. The number of carbonyl (C=O) groups is 2. The van der Waals surface area contributed by atoms with E-state index in [9.17, 15) is 28.1 Å². The van der Waals surface area contributed by atoms with Crippen LogP contribution in [-0.4, -0.2) is 35.3 Å². The molecule has 0 unspecified atom stereocenters. The molecule has 1 amide bonds. The van der Waals surface area contributed by atoms with Crippen molar-refractivity contribution in [3.05, 3.63) is 40.6 Å². The van der Waals surface area contributed by atoms with Crippen molar-refractivity contribution in [2.24, 2.45) is 0 Å². The van der Waals surface area contributed by atoms with Gasteiger partial charge in [0, 0.05) is 25.0 Å². The van der Waals surface area contributed by atoms with Gasteiger partial charge in [0.2, 0.25) is 15.7 Å². The number of hydrogen-bond acceptors (Lipinski definition) is 8. The fraction of sp³-hybridized carbons (Fsp3) is 0.214. The third-order valence-electron chi connectivity index (χ3n) is 3.15. The first-order chi connectivity index (χ1) is 12.2. The van der Waals surface area contributed by atoms with E-state index in [0.29, 0.717) is 0 Å². The lowest BCUT2D eigenvalue weighted by Crippen LogP contribution is -2.11. The summed E-state index contributed by atoms with van der Waals surface area (Å²) in [5.41, 5.74) is -0.234. The van der Waals surface area contributed by atoms with E-state index in [0.717, 1.165) is 41.8 Å². The first-order valence-corrected chi connectivity index (χ1v) is 9.47. The standard InChI is InChI=1S/C14H13N3O7S2/c18-11(2-1-3-12(19)20)16-14-15-8-13(25-14)26(23,24)10-6-4-9(5-7-10)17(21)22/h4-8H,1-3H2,(H,19,20)(H,15,16,18). The molecule has 0 aliphatic rings. The molecule has 0 spiro atoms. The fourth-order valence-corrected chi connectivity index (χ4v) is 4.34. The predicted octanol–water partition coefficient (Wildman–Crippen LogP) is 2.08. The van der Waals surface area contributed by atoms with Gasteiger partial charge in [-0.2, -0.15) is 0 Å². The highest BCUT2D eigenvalue weighted by molar-refractivity contribution is 7.93. The van der Waals surface area contributed by atoms with Crippen molar-refractivity contribution in [3.8, 4) is 0 Å². The Labute approximate surface area is 151 Å². The molecule has 12 heteroatoms. The first kappa shape index (κ1) is 19.5. The van der Waals surface area contributed by atoms with Crippen LogP contribution >= 0.6 is 11.3 Å². The topological polar surface area (TPSA) is 157 Å². The van der Waals surface area contributed by atoms with Crippen molar-refractivity contribution in [3.63, 3.8) is 0 Å². The summed E-state index contributed by atoms with van der Waals surface area (Å²) in [6.45, 7) is 0. The second-order valence-corrected chi connectivity index (χ2v) is 8.24. The molecule has 1 aromatic heterocycles. The Morgan fingerprint density at radius 2 is 1.88 bits per heavy atom. The van der Waals surface area contributed by atoms with E-state index in [1.165, 1.54) is 0 Å². The summed E-state index contributed by atoms with van der Waals surface area (Å²) in [6.07, 6.45) is 1.05. The zero-order valence-electron chi connectivity index (χ0n) is 13.1. The Hall–Kier alpha value is -2.86. The SMILES string of the molecule is O=C(O)CCCC(=O)Nc1ncc(S(=O)(=O)c2ccc([N+](=O)[O-])cc2)s1. The molecule has 10 nitrogen and oxygen atoms in total. The second kappa shape index (κ2) is 8.01. The van der Waals surface area contributed by atoms with Gasteiger partial charge in [0.05, 0.1) is 16.0 Å². The average Bonchev–Trinajstić information content (AvgIpc) is 3.03. The van der Waals surface area contributed by atoms with Crippen LogP contribution in [0, 0.1) is 10.1 Å². The molecule has 26 heavy (non-hydrogen) atoms. The summed E-state index contributed by atoms with van der Waals surface area (Å²) in [6, 6.07) is 4.41. The molecular formula is C14H13N3O7S2. The van der Waals surface area contributed by atoms with Crippen LogP contribution in [0.4, 0.5) is 10.8 Å². The molecule has 0 saturated heterocycles. The molecule has 1 aromatic carbocycles. The number of carbonyl (C=O) groups excluding carboxylic acids is 1. The van der Waals surface area contributed by atoms with Gasteiger partial charge in [0.1, 0.15) is 4.21 Å². The van der Waals surface area contributed by atoms with Crippen LogP contribution < -0.4 is 5.32 Å². The maximum atomic E-state index is 12.5. The Kier molecular flexibility index (Phi) is 6.00. The summed E-state index contributed by atoms with van der Waals surface area (Å²) in [5.74, 6) is -1.48. The second-order valence-electron chi connectivity index (χ2n) is 5.03. The number of nitro groups is 1. The molecule has 0 radical (unpaired) electrons. The minimum absolute atomic E-state index is 0.0314. The smallest absolute Gasteiger partial charge is 0.303 e. The van der Waals surface area contributed by atoms with Gasteiger partial charge in [-0.05, 0) is 18.6 Å². The van der Waals surface area contributed by atoms with E-state index in [-0.39, 0.29) is 39.2 Å². The molecule has 2 aromatic rings. The molecule has 2 N–H and O–H groups in total. The number of thiazole rings is 1. The lowest BCUT2D eigenvalue weighted by Gasteiger charge is -2.01. The van der Waals surface area contributed by atoms with Crippen molar-refractivity contribution < 1.29 is 28.0 Å². The third-order valence-corrected chi connectivity index (χ3v) is 6.29. The van der Waals surface area contributed by atoms with Gasteiger partial charge in [-0.15, -0.1) is 0 Å². The predicted molar refractivity (Wildman–Crippen MR) is 90.8 cm³/mol. The lowest BCUT2D eigenvalue weighted by molar-refractivity contribution is -0.384. The van der Waals surface area contributed by atoms with E-state index in [4.69, 9.17) is 5.11 Å². The highest BCUT2D eigenvalue weighted by atomic mass is 32.2. The van der Waals surface area contributed by atoms with Gasteiger partial charge in [0.25, 0.3) is 5.69 Å². The fourth-order valence-electron chi connectivity index (χ4n) is 1.89. The number of aliphatic carboxylic acids is 1. The van der Waals surface area contributed by atoms with Gasteiger partial charge in [0.15, 0.2) is 5.13 Å². The van der Waals surface area contributed by atoms with Crippen molar-refractivity contribution >= 4 is 43.9 Å². The van der Waals surface area contributed by atoms with Crippen LogP contribution in [0.25, 0.3) is 0 Å². The van der Waals surface area contributed by atoms with Crippen molar-refractivity contribution in [1.82, 2.24) is 4.98 Å². The van der Waals surface area contributed by atoms with E-state index in [2.05, 4.69) is 10.3 Å².